The van der Waals surface area contributed by atoms with E-state index in [9.17, 15) is 0 Å². The first-order valence-corrected chi connectivity index (χ1v) is 8.92. The van der Waals surface area contributed by atoms with Crippen LogP contribution in [0.25, 0.3) is 0 Å². The van der Waals surface area contributed by atoms with Gasteiger partial charge in [0.15, 0.2) is 5.11 Å². The minimum Gasteiger partial charge on any atom is -0.360 e. The van der Waals surface area contributed by atoms with Crippen LogP contribution in [0.1, 0.15) is 25.7 Å². The molecule has 3 aliphatic rings. The molecule has 22 heavy (non-hydrogen) atoms. The maximum atomic E-state index is 5.66. The maximum absolute atomic E-state index is 5.66. The van der Waals surface area contributed by atoms with Crippen molar-refractivity contribution in [3.63, 3.8) is 0 Å². The van der Waals surface area contributed by atoms with Crippen LogP contribution in [0.15, 0.2) is 24.4 Å². The summed E-state index contributed by atoms with van der Waals surface area (Å²) in [7, 11) is 0. The predicted octanol–water partition coefficient (Wildman–Crippen LogP) is 2.27. The topological polar surface area (TPSA) is 31.4 Å². The Kier molecular flexibility index (Phi) is 3.90. The van der Waals surface area contributed by atoms with E-state index in [1.165, 1.54) is 25.7 Å². The molecule has 2 saturated carbocycles. The third-order valence-electron chi connectivity index (χ3n) is 5.59. The fourth-order valence-electron chi connectivity index (χ4n) is 4.35. The summed E-state index contributed by atoms with van der Waals surface area (Å²) in [6, 6.07) is 6.74. The zero-order chi connectivity index (χ0) is 14.9. The molecule has 0 amide bonds. The summed E-state index contributed by atoms with van der Waals surface area (Å²) in [5, 5.41) is 4.63. The molecule has 1 N–H and O–H groups in total. The third kappa shape index (κ3) is 2.78. The van der Waals surface area contributed by atoms with Gasteiger partial charge in [-0.15, -0.1) is 0 Å². The minimum absolute atomic E-state index is 0.639. The van der Waals surface area contributed by atoms with Gasteiger partial charge in [-0.2, -0.15) is 0 Å². The Morgan fingerprint density at radius 3 is 2.64 bits per heavy atom. The van der Waals surface area contributed by atoms with Crippen LogP contribution >= 0.6 is 12.2 Å². The smallest absolute Gasteiger partial charge is 0.169 e. The van der Waals surface area contributed by atoms with Crippen LogP contribution in [0.3, 0.4) is 0 Å². The molecule has 0 aromatic carbocycles. The number of piperazine rings is 1. The van der Waals surface area contributed by atoms with Crippen LogP contribution in [0.4, 0.5) is 5.82 Å². The van der Waals surface area contributed by atoms with E-state index in [1.54, 1.807) is 0 Å². The van der Waals surface area contributed by atoms with Gasteiger partial charge in [-0.05, 0) is 55.4 Å². The molecular formula is C17H24N4S. The van der Waals surface area contributed by atoms with Crippen LogP contribution in [0.2, 0.25) is 0 Å². The molecular weight excluding hydrogens is 292 g/mol. The van der Waals surface area contributed by atoms with Crippen LogP contribution in [-0.2, 0) is 0 Å². The van der Waals surface area contributed by atoms with Crippen molar-refractivity contribution >= 4 is 23.1 Å². The number of aromatic nitrogens is 1. The highest BCUT2D eigenvalue weighted by Gasteiger charge is 2.40. The Morgan fingerprint density at radius 1 is 1.14 bits per heavy atom. The lowest BCUT2D eigenvalue weighted by atomic mass is 9.95. The molecule has 2 bridgehead atoms. The highest BCUT2D eigenvalue weighted by atomic mass is 32.1. The average Bonchev–Trinajstić information content (AvgIpc) is 3.19. The standard InChI is InChI=1S/C17H24N4S/c22-17(19-15-12-13-4-5-14(15)11-13)21-9-7-20(8-10-21)16-3-1-2-6-18-16/h1-3,6,13-15H,4-5,7-12H2,(H,19,22). The molecule has 1 aromatic heterocycles. The van der Waals surface area contributed by atoms with E-state index in [4.69, 9.17) is 12.2 Å². The van der Waals surface area contributed by atoms with Crippen molar-refractivity contribution in [3.05, 3.63) is 24.4 Å². The zero-order valence-corrected chi connectivity index (χ0v) is 13.8. The summed E-state index contributed by atoms with van der Waals surface area (Å²) in [4.78, 5) is 9.12. The average molecular weight is 316 g/mol. The van der Waals surface area contributed by atoms with Crippen molar-refractivity contribution in [1.82, 2.24) is 15.2 Å². The van der Waals surface area contributed by atoms with E-state index < -0.39 is 0 Å². The lowest BCUT2D eigenvalue weighted by Gasteiger charge is -2.38. The van der Waals surface area contributed by atoms with Gasteiger partial charge in [-0.3, -0.25) is 0 Å². The Labute approximate surface area is 137 Å². The number of rotatable bonds is 2. The minimum atomic E-state index is 0.639. The number of nitrogens with one attached hydrogen (secondary N) is 1. The summed E-state index contributed by atoms with van der Waals surface area (Å²) in [6.45, 7) is 3.97. The molecule has 3 fully saturated rings. The number of thiocarbonyl (C=S) groups is 1. The number of nitrogens with zero attached hydrogens (tertiary/aromatic N) is 3. The second kappa shape index (κ2) is 6.03. The monoisotopic (exact) mass is 316 g/mol. The van der Waals surface area contributed by atoms with Gasteiger partial charge in [0.05, 0.1) is 0 Å². The Bertz CT molecular complexity index is 527. The first-order chi connectivity index (χ1) is 10.8. The molecule has 3 unspecified atom stereocenters. The molecule has 2 aliphatic carbocycles. The fourth-order valence-corrected chi connectivity index (χ4v) is 4.68. The molecule has 4 rings (SSSR count). The number of anilines is 1. The fraction of sp³-hybridized carbons (Fsp3) is 0.647. The largest absolute Gasteiger partial charge is 0.360 e. The molecule has 1 aliphatic heterocycles. The Balaban J connectivity index is 1.29. The van der Waals surface area contributed by atoms with Crippen LogP contribution < -0.4 is 10.2 Å². The summed E-state index contributed by atoms with van der Waals surface area (Å²) >= 11 is 5.66. The lowest BCUT2D eigenvalue weighted by molar-refractivity contribution is 0.345. The molecule has 2 heterocycles. The van der Waals surface area contributed by atoms with E-state index in [1.807, 2.05) is 12.3 Å². The van der Waals surface area contributed by atoms with Gasteiger partial charge in [-0.1, -0.05) is 12.5 Å². The second-order valence-corrected chi connectivity index (χ2v) is 7.28. The quantitative estimate of drug-likeness (QED) is 0.846. The zero-order valence-electron chi connectivity index (χ0n) is 12.9. The maximum Gasteiger partial charge on any atom is 0.169 e. The van der Waals surface area contributed by atoms with Gasteiger partial charge in [0, 0.05) is 38.4 Å². The molecule has 3 atom stereocenters. The molecule has 4 nitrogen and oxygen atoms in total. The van der Waals surface area contributed by atoms with Crippen molar-refractivity contribution in [2.24, 2.45) is 11.8 Å². The molecule has 1 aromatic rings. The number of hydrogen-bond acceptors (Lipinski definition) is 3. The normalized spacial score (nSPS) is 30.6. The Morgan fingerprint density at radius 2 is 2.00 bits per heavy atom. The number of pyridine rings is 1. The van der Waals surface area contributed by atoms with E-state index in [2.05, 4.69) is 32.2 Å². The van der Waals surface area contributed by atoms with Crippen LogP contribution in [0, 0.1) is 11.8 Å². The highest BCUT2D eigenvalue weighted by molar-refractivity contribution is 7.80. The first-order valence-electron chi connectivity index (χ1n) is 8.51. The van der Waals surface area contributed by atoms with Crippen LogP contribution in [-0.4, -0.2) is 47.2 Å². The summed E-state index contributed by atoms with van der Waals surface area (Å²) in [5.41, 5.74) is 0. The summed E-state index contributed by atoms with van der Waals surface area (Å²) in [6.07, 6.45) is 7.46. The molecule has 5 heteroatoms. The van der Waals surface area contributed by atoms with Crippen molar-refractivity contribution in [2.75, 3.05) is 31.1 Å². The molecule has 118 valence electrons. The second-order valence-electron chi connectivity index (χ2n) is 6.89. The van der Waals surface area contributed by atoms with Gasteiger partial charge in [-0.25, -0.2) is 4.98 Å². The summed E-state index contributed by atoms with van der Waals surface area (Å²) in [5.74, 6) is 2.91. The van der Waals surface area contributed by atoms with Gasteiger partial charge in [0.2, 0.25) is 0 Å². The van der Waals surface area contributed by atoms with Crippen molar-refractivity contribution in [1.29, 1.82) is 0 Å². The van der Waals surface area contributed by atoms with E-state index in [-0.39, 0.29) is 0 Å². The first kappa shape index (κ1) is 14.2. The van der Waals surface area contributed by atoms with Gasteiger partial charge in [0.1, 0.15) is 5.82 Å². The van der Waals surface area contributed by atoms with Crippen molar-refractivity contribution in [3.8, 4) is 0 Å². The van der Waals surface area contributed by atoms with Gasteiger partial charge < -0.3 is 15.1 Å². The summed E-state index contributed by atoms with van der Waals surface area (Å²) < 4.78 is 0. The molecule has 1 saturated heterocycles. The lowest BCUT2D eigenvalue weighted by Crippen LogP contribution is -2.54. The van der Waals surface area contributed by atoms with Crippen molar-refractivity contribution in [2.45, 2.75) is 31.7 Å². The van der Waals surface area contributed by atoms with Crippen molar-refractivity contribution < 1.29 is 0 Å². The van der Waals surface area contributed by atoms with Gasteiger partial charge >= 0.3 is 0 Å². The SMILES string of the molecule is S=C(NC1CC2CCC1C2)N1CCN(c2ccccn2)CC1. The van der Waals surface area contributed by atoms with Gasteiger partial charge in [0.25, 0.3) is 0 Å². The van der Waals surface area contributed by atoms with Crippen LogP contribution in [0.5, 0.6) is 0 Å². The third-order valence-corrected chi connectivity index (χ3v) is 5.96. The molecule has 0 radical (unpaired) electrons. The predicted molar refractivity (Wildman–Crippen MR) is 93.0 cm³/mol. The Hall–Kier alpha value is -1.36. The van der Waals surface area contributed by atoms with E-state index >= 15 is 0 Å². The number of fused-ring (bicyclic) bond motifs is 2. The highest BCUT2D eigenvalue weighted by Crippen LogP contribution is 2.44. The number of hydrogen-bond donors (Lipinski definition) is 1. The van der Waals surface area contributed by atoms with E-state index in [0.29, 0.717) is 6.04 Å². The van der Waals surface area contributed by atoms with E-state index in [0.717, 1.165) is 48.9 Å². The molecule has 0 spiro atoms.